The molecule has 0 amide bonds. The molecular weight excluding hydrogens is 262 g/mol. The third kappa shape index (κ3) is 4.51. The van der Waals surface area contributed by atoms with Gasteiger partial charge < -0.3 is 10.5 Å². The van der Waals surface area contributed by atoms with E-state index in [1.807, 2.05) is 0 Å². The topological polar surface area (TPSA) is 38.5 Å². The van der Waals surface area contributed by atoms with Crippen LogP contribution in [0.5, 0.6) is 0 Å². The van der Waals surface area contributed by atoms with Crippen molar-refractivity contribution in [3.8, 4) is 0 Å². The molecule has 3 nitrogen and oxygen atoms in total. The van der Waals surface area contributed by atoms with E-state index >= 15 is 0 Å². The van der Waals surface area contributed by atoms with Crippen LogP contribution >= 0.6 is 0 Å². The normalized spacial score (nSPS) is 17.6. The van der Waals surface area contributed by atoms with E-state index in [1.54, 1.807) is 0 Å². The standard InChI is InChI=1S/C15H22F2N2O/c16-13-2-3-15(17)12(10-13)11-19-7-4-14(5-8-19)20-9-1-6-18/h2-3,10,14H,1,4-9,11,18H2. The average molecular weight is 284 g/mol. The maximum Gasteiger partial charge on any atom is 0.127 e. The second-order valence-corrected chi connectivity index (χ2v) is 5.22. The molecule has 0 aromatic heterocycles. The highest BCUT2D eigenvalue weighted by molar-refractivity contribution is 5.18. The van der Waals surface area contributed by atoms with Crippen molar-refractivity contribution in [3.05, 3.63) is 35.4 Å². The zero-order valence-corrected chi connectivity index (χ0v) is 11.7. The molecule has 2 N–H and O–H groups in total. The monoisotopic (exact) mass is 284 g/mol. The molecule has 1 aliphatic heterocycles. The van der Waals surface area contributed by atoms with E-state index in [0.717, 1.165) is 38.4 Å². The molecule has 20 heavy (non-hydrogen) atoms. The molecule has 0 spiro atoms. The summed E-state index contributed by atoms with van der Waals surface area (Å²) in [6.07, 6.45) is 3.02. The van der Waals surface area contributed by atoms with Crippen LogP contribution in [0.15, 0.2) is 18.2 Å². The van der Waals surface area contributed by atoms with Crippen LogP contribution in [0.2, 0.25) is 0 Å². The van der Waals surface area contributed by atoms with Gasteiger partial charge in [0.25, 0.3) is 0 Å². The summed E-state index contributed by atoms with van der Waals surface area (Å²) in [5, 5.41) is 0. The minimum absolute atomic E-state index is 0.273. The summed E-state index contributed by atoms with van der Waals surface area (Å²) in [5.74, 6) is -0.728. The number of piperidine rings is 1. The number of nitrogens with zero attached hydrogens (tertiary/aromatic N) is 1. The summed E-state index contributed by atoms with van der Waals surface area (Å²) in [7, 11) is 0. The lowest BCUT2D eigenvalue weighted by Gasteiger charge is -2.32. The summed E-state index contributed by atoms with van der Waals surface area (Å²) in [6.45, 7) is 3.52. The lowest BCUT2D eigenvalue weighted by Crippen LogP contribution is -2.37. The first-order valence-corrected chi connectivity index (χ1v) is 7.17. The van der Waals surface area contributed by atoms with Gasteiger partial charge in [-0.3, -0.25) is 4.90 Å². The molecule has 0 radical (unpaired) electrons. The van der Waals surface area contributed by atoms with E-state index in [4.69, 9.17) is 10.5 Å². The van der Waals surface area contributed by atoms with Crippen molar-refractivity contribution in [2.24, 2.45) is 5.73 Å². The molecule has 5 heteroatoms. The third-order valence-electron chi connectivity index (χ3n) is 3.64. The van der Waals surface area contributed by atoms with Crippen molar-refractivity contribution in [2.45, 2.75) is 31.9 Å². The Hall–Kier alpha value is -1.04. The summed E-state index contributed by atoms with van der Waals surface area (Å²) >= 11 is 0. The molecule has 0 bridgehead atoms. The highest BCUT2D eigenvalue weighted by atomic mass is 19.1. The number of rotatable bonds is 6. The van der Waals surface area contributed by atoms with Gasteiger partial charge in [-0.25, -0.2) is 8.78 Å². The highest BCUT2D eigenvalue weighted by Gasteiger charge is 2.20. The largest absolute Gasteiger partial charge is 0.378 e. The first-order chi connectivity index (χ1) is 9.69. The highest BCUT2D eigenvalue weighted by Crippen LogP contribution is 2.18. The molecule has 0 unspecified atom stereocenters. The zero-order chi connectivity index (χ0) is 14.4. The van der Waals surface area contributed by atoms with E-state index in [-0.39, 0.29) is 17.7 Å². The Morgan fingerprint density at radius 2 is 2.00 bits per heavy atom. The van der Waals surface area contributed by atoms with Crippen molar-refractivity contribution >= 4 is 0 Å². The maximum absolute atomic E-state index is 13.6. The van der Waals surface area contributed by atoms with Crippen molar-refractivity contribution in [2.75, 3.05) is 26.2 Å². The van der Waals surface area contributed by atoms with Gasteiger partial charge in [-0.15, -0.1) is 0 Å². The van der Waals surface area contributed by atoms with Crippen LogP contribution in [0.4, 0.5) is 8.78 Å². The number of benzene rings is 1. The smallest absolute Gasteiger partial charge is 0.127 e. The molecule has 112 valence electrons. The summed E-state index contributed by atoms with van der Waals surface area (Å²) < 4.78 is 32.4. The van der Waals surface area contributed by atoms with Crippen LogP contribution in [-0.2, 0) is 11.3 Å². The fourth-order valence-electron chi connectivity index (χ4n) is 2.47. The summed E-state index contributed by atoms with van der Waals surface area (Å²) in [4.78, 5) is 2.14. The Balaban J connectivity index is 1.78. The first-order valence-electron chi connectivity index (χ1n) is 7.17. The van der Waals surface area contributed by atoms with Gasteiger partial charge in [0.15, 0.2) is 0 Å². The van der Waals surface area contributed by atoms with Crippen LogP contribution < -0.4 is 5.73 Å². The van der Waals surface area contributed by atoms with E-state index in [0.29, 0.717) is 25.3 Å². The van der Waals surface area contributed by atoms with E-state index in [2.05, 4.69) is 4.90 Å². The van der Waals surface area contributed by atoms with Crippen molar-refractivity contribution in [1.29, 1.82) is 0 Å². The number of ether oxygens (including phenoxy) is 1. The van der Waals surface area contributed by atoms with Gasteiger partial charge in [0.2, 0.25) is 0 Å². The van der Waals surface area contributed by atoms with Gasteiger partial charge in [0.05, 0.1) is 6.10 Å². The summed E-state index contributed by atoms with van der Waals surface area (Å²) in [5.41, 5.74) is 5.85. The minimum Gasteiger partial charge on any atom is -0.378 e. The van der Waals surface area contributed by atoms with Crippen molar-refractivity contribution in [3.63, 3.8) is 0 Å². The van der Waals surface area contributed by atoms with Crippen LogP contribution in [0.1, 0.15) is 24.8 Å². The molecule has 0 saturated carbocycles. The van der Waals surface area contributed by atoms with Crippen LogP contribution in [0.25, 0.3) is 0 Å². The van der Waals surface area contributed by atoms with Crippen molar-refractivity contribution in [1.82, 2.24) is 4.90 Å². The third-order valence-corrected chi connectivity index (χ3v) is 3.64. The molecule has 0 atom stereocenters. The van der Waals surface area contributed by atoms with Crippen molar-refractivity contribution < 1.29 is 13.5 Å². The predicted molar refractivity (Wildman–Crippen MR) is 74.3 cm³/mol. The van der Waals surface area contributed by atoms with Gasteiger partial charge in [0.1, 0.15) is 11.6 Å². The van der Waals surface area contributed by atoms with E-state index in [1.165, 1.54) is 12.1 Å². The second-order valence-electron chi connectivity index (χ2n) is 5.22. The Morgan fingerprint density at radius 1 is 1.25 bits per heavy atom. The fraction of sp³-hybridized carbons (Fsp3) is 0.600. The first kappa shape index (κ1) is 15.4. The number of hydrogen-bond donors (Lipinski definition) is 1. The Labute approximate surface area is 118 Å². The van der Waals surface area contributed by atoms with Gasteiger partial charge in [0, 0.05) is 31.8 Å². The molecule has 0 aliphatic carbocycles. The van der Waals surface area contributed by atoms with Gasteiger partial charge in [-0.1, -0.05) is 0 Å². The number of likely N-dealkylation sites (tertiary alicyclic amines) is 1. The van der Waals surface area contributed by atoms with Gasteiger partial charge >= 0.3 is 0 Å². The zero-order valence-electron chi connectivity index (χ0n) is 11.7. The Bertz CT molecular complexity index is 420. The molecule has 1 heterocycles. The summed E-state index contributed by atoms with van der Waals surface area (Å²) in [6, 6.07) is 3.61. The molecule has 1 aromatic carbocycles. The number of halogens is 2. The Kier molecular flexibility index (Phi) is 5.88. The van der Waals surface area contributed by atoms with Gasteiger partial charge in [-0.05, 0) is 44.0 Å². The molecule has 1 aliphatic rings. The Morgan fingerprint density at radius 3 is 2.70 bits per heavy atom. The average Bonchev–Trinajstić information content (AvgIpc) is 2.45. The second kappa shape index (κ2) is 7.67. The van der Waals surface area contributed by atoms with Crippen LogP contribution in [0.3, 0.4) is 0 Å². The SMILES string of the molecule is NCCCOC1CCN(Cc2cc(F)ccc2F)CC1. The lowest BCUT2D eigenvalue weighted by atomic mass is 10.1. The predicted octanol–water partition coefficient (Wildman–Crippen LogP) is 2.29. The number of hydrogen-bond acceptors (Lipinski definition) is 3. The van der Waals surface area contributed by atoms with E-state index < -0.39 is 0 Å². The minimum atomic E-state index is -0.388. The molecular formula is C15H22F2N2O. The fourth-order valence-corrected chi connectivity index (χ4v) is 2.47. The van der Waals surface area contributed by atoms with E-state index in [9.17, 15) is 8.78 Å². The van der Waals surface area contributed by atoms with Gasteiger partial charge in [-0.2, -0.15) is 0 Å². The molecule has 2 rings (SSSR count). The lowest BCUT2D eigenvalue weighted by molar-refractivity contribution is 0.00544. The van der Waals surface area contributed by atoms with Crippen LogP contribution in [0, 0.1) is 11.6 Å². The number of nitrogens with two attached hydrogens (primary N) is 1. The maximum atomic E-state index is 13.6. The molecule has 1 fully saturated rings. The molecule has 1 aromatic rings. The molecule has 1 saturated heterocycles. The quantitative estimate of drug-likeness (QED) is 0.815. The van der Waals surface area contributed by atoms with Crippen LogP contribution in [-0.4, -0.2) is 37.2 Å².